The molecule has 5 heteroatoms. The first-order valence-corrected chi connectivity index (χ1v) is 11.6. The maximum absolute atomic E-state index is 13.2. The summed E-state index contributed by atoms with van der Waals surface area (Å²) in [6, 6.07) is 17.7. The summed E-state index contributed by atoms with van der Waals surface area (Å²) in [7, 11) is 0. The lowest BCUT2D eigenvalue weighted by Gasteiger charge is -2.33. The van der Waals surface area contributed by atoms with E-state index >= 15 is 0 Å². The highest BCUT2D eigenvalue weighted by atomic mass is 32.2. The lowest BCUT2D eigenvalue weighted by Crippen LogP contribution is -2.53. The molecule has 0 aliphatic carbocycles. The number of rotatable bonds is 9. The molecule has 0 aliphatic heterocycles. The second-order valence-corrected chi connectivity index (χ2v) is 9.58. The molecule has 0 saturated carbocycles. The summed E-state index contributed by atoms with van der Waals surface area (Å²) >= 11 is 1.59. The molecule has 1 N–H and O–H groups in total. The van der Waals surface area contributed by atoms with Crippen LogP contribution in [0.2, 0.25) is 0 Å². The SMILES string of the molecule is CCC(C(=O)NC(C)(C)C)N(Cc1ccccc1C)C(=O)CSCc1ccccc1. The summed E-state index contributed by atoms with van der Waals surface area (Å²) in [5, 5.41) is 3.05. The van der Waals surface area contributed by atoms with Crippen molar-refractivity contribution in [3.05, 3.63) is 71.3 Å². The van der Waals surface area contributed by atoms with Gasteiger partial charge in [0.1, 0.15) is 6.04 Å². The van der Waals surface area contributed by atoms with Gasteiger partial charge in [-0.3, -0.25) is 9.59 Å². The van der Waals surface area contributed by atoms with E-state index in [1.807, 2.05) is 77.1 Å². The normalized spacial score (nSPS) is 12.3. The number of aryl methyl sites for hydroxylation is 1. The summed E-state index contributed by atoms with van der Waals surface area (Å²) in [6.45, 7) is 10.3. The molecule has 0 radical (unpaired) electrons. The van der Waals surface area contributed by atoms with Gasteiger partial charge in [-0.25, -0.2) is 0 Å². The molecular formula is C25H34N2O2S. The number of nitrogens with zero attached hydrogens (tertiary/aromatic N) is 1. The van der Waals surface area contributed by atoms with Crippen LogP contribution in [0.3, 0.4) is 0 Å². The second kappa shape index (κ2) is 11.2. The van der Waals surface area contributed by atoms with E-state index in [1.165, 1.54) is 5.56 Å². The molecule has 4 nitrogen and oxygen atoms in total. The van der Waals surface area contributed by atoms with E-state index in [9.17, 15) is 9.59 Å². The summed E-state index contributed by atoms with van der Waals surface area (Å²) in [5.74, 6) is 1.02. The molecule has 2 aromatic carbocycles. The van der Waals surface area contributed by atoms with Gasteiger partial charge >= 0.3 is 0 Å². The maximum atomic E-state index is 13.2. The van der Waals surface area contributed by atoms with Gasteiger partial charge < -0.3 is 10.2 Å². The van der Waals surface area contributed by atoms with Crippen LogP contribution in [-0.4, -0.2) is 34.0 Å². The predicted molar refractivity (Wildman–Crippen MR) is 126 cm³/mol. The van der Waals surface area contributed by atoms with Crippen LogP contribution < -0.4 is 5.32 Å². The number of carbonyl (C=O) groups excluding carboxylic acids is 2. The van der Waals surface area contributed by atoms with E-state index < -0.39 is 6.04 Å². The van der Waals surface area contributed by atoms with Crippen molar-refractivity contribution in [1.82, 2.24) is 10.2 Å². The molecule has 2 aromatic rings. The summed E-state index contributed by atoms with van der Waals surface area (Å²) < 4.78 is 0. The van der Waals surface area contributed by atoms with Gasteiger partial charge in [-0.15, -0.1) is 11.8 Å². The number of amides is 2. The van der Waals surface area contributed by atoms with Crippen LogP contribution in [0.1, 0.15) is 50.8 Å². The van der Waals surface area contributed by atoms with Crippen LogP contribution in [0, 0.1) is 6.92 Å². The van der Waals surface area contributed by atoms with Gasteiger partial charge in [0, 0.05) is 17.8 Å². The third-order valence-electron chi connectivity index (χ3n) is 4.82. The highest BCUT2D eigenvalue weighted by molar-refractivity contribution is 7.99. The molecule has 1 atom stereocenters. The summed E-state index contributed by atoms with van der Waals surface area (Å²) in [5.41, 5.74) is 3.04. The molecule has 30 heavy (non-hydrogen) atoms. The lowest BCUT2D eigenvalue weighted by atomic mass is 10.0. The number of thioether (sulfide) groups is 1. The minimum absolute atomic E-state index is 0.00454. The van der Waals surface area contributed by atoms with Gasteiger partial charge in [0.2, 0.25) is 11.8 Å². The average molecular weight is 427 g/mol. The molecule has 1 unspecified atom stereocenters. The Kier molecular flexibility index (Phi) is 8.97. The van der Waals surface area contributed by atoms with Gasteiger partial charge in [0.25, 0.3) is 0 Å². The van der Waals surface area contributed by atoms with Gasteiger partial charge in [-0.2, -0.15) is 0 Å². The number of hydrogen-bond acceptors (Lipinski definition) is 3. The topological polar surface area (TPSA) is 49.4 Å². The van der Waals surface area contributed by atoms with E-state index in [4.69, 9.17) is 0 Å². The van der Waals surface area contributed by atoms with E-state index in [2.05, 4.69) is 17.4 Å². The molecular weight excluding hydrogens is 392 g/mol. The monoisotopic (exact) mass is 426 g/mol. The molecule has 2 rings (SSSR count). The van der Waals surface area contributed by atoms with E-state index in [0.29, 0.717) is 18.7 Å². The highest BCUT2D eigenvalue weighted by Gasteiger charge is 2.30. The number of benzene rings is 2. The largest absolute Gasteiger partial charge is 0.350 e. The Morgan fingerprint density at radius 3 is 2.27 bits per heavy atom. The number of hydrogen-bond donors (Lipinski definition) is 1. The van der Waals surface area contributed by atoms with E-state index in [-0.39, 0.29) is 17.4 Å². The van der Waals surface area contributed by atoms with Crippen LogP contribution in [0.15, 0.2) is 54.6 Å². The summed E-state index contributed by atoms with van der Waals surface area (Å²) in [6.07, 6.45) is 0.572. The lowest BCUT2D eigenvalue weighted by molar-refractivity contribution is -0.140. The molecule has 0 heterocycles. The molecule has 0 spiro atoms. The Bertz CT molecular complexity index is 831. The van der Waals surface area contributed by atoms with Crippen molar-refractivity contribution >= 4 is 23.6 Å². The first kappa shape index (κ1) is 24.0. The molecule has 0 aromatic heterocycles. The number of nitrogens with one attached hydrogen (secondary N) is 1. The quantitative estimate of drug-likeness (QED) is 0.617. The van der Waals surface area contributed by atoms with E-state index in [1.54, 1.807) is 16.7 Å². The fourth-order valence-electron chi connectivity index (χ4n) is 3.26. The minimum Gasteiger partial charge on any atom is -0.350 e. The van der Waals surface area contributed by atoms with Crippen LogP contribution in [0.5, 0.6) is 0 Å². The van der Waals surface area contributed by atoms with Crippen LogP contribution in [0.25, 0.3) is 0 Å². The Labute approximate surface area is 185 Å². The van der Waals surface area contributed by atoms with Crippen molar-refractivity contribution in [3.63, 3.8) is 0 Å². The zero-order valence-electron chi connectivity index (χ0n) is 18.8. The zero-order chi connectivity index (χ0) is 22.1. The first-order valence-electron chi connectivity index (χ1n) is 10.5. The van der Waals surface area contributed by atoms with Crippen LogP contribution in [-0.2, 0) is 21.9 Å². The van der Waals surface area contributed by atoms with E-state index in [0.717, 1.165) is 16.9 Å². The predicted octanol–water partition coefficient (Wildman–Crippen LogP) is 4.95. The fraction of sp³-hybridized carbons (Fsp3) is 0.440. The summed E-state index contributed by atoms with van der Waals surface area (Å²) in [4.78, 5) is 28.0. The second-order valence-electron chi connectivity index (χ2n) is 8.59. The van der Waals surface area contributed by atoms with Crippen molar-refractivity contribution in [2.75, 3.05) is 5.75 Å². The first-order chi connectivity index (χ1) is 14.2. The van der Waals surface area contributed by atoms with Gasteiger partial charge in [-0.1, -0.05) is 61.5 Å². The third-order valence-corrected chi connectivity index (χ3v) is 5.81. The molecule has 0 saturated heterocycles. The average Bonchev–Trinajstić information content (AvgIpc) is 2.68. The van der Waals surface area contributed by atoms with Gasteiger partial charge in [0.15, 0.2) is 0 Å². The fourth-order valence-corrected chi connectivity index (χ4v) is 4.13. The Morgan fingerprint density at radius 1 is 1.03 bits per heavy atom. The zero-order valence-corrected chi connectivity index (χ0v) is 19.6. The van der Waals surface area contributed by atoms with Crippen molar-refractivity contribution in [2.24, 2.45) is 0 Å². The van der Waals surface area contributed by atoms with Crippen LogP contribution in [0.4, 0.5) is 0 Å². The van der Waals surface area contributed by atoms with Crippen LogP contribution >= 0.6 is 11.8 Å². The van der Waals surface area contributed by atoms with Crippen molar-refractivity contribution in [1.29, 1.82) is 0 Å². The van der Waals surface area contributed by atoms with Crippen molar-refractivity contribution in [3.8, 4) is 0 Å². The van der Waals surface area contributed by atoms with Crippen molar-refractivity contribution < 1.29 is 9.59 Å². The van der Waals surface area contributed by atoms with Gasteiger partial charge in [-0.05, 0) is 50.8 Å². The molecule has 0 fully saturated rings. The molecule has 0 aliphatic rings. The maximum Gasteiger partial charge on any atom is 0.243 e. The Balaban J connectivity index is 2.17. The molecule has 0 bridgehead atoms. The minimum atomic E-state index is -0.492. The highest BCUT2D eigenvalue weighted by Crippen LogP contribution is 2.19. The third kappa shape index (κ3) is 7.52. The molecule has 162 valence electrons. The smallest absolute Gasteiger partial charge is 0.243 e. The van der Waals surface area contributed by atoms with Crippen molar-refractivity contribution in [2.45, 2.75) is 64.9 Å². The Morgan fingerprint density at radius 2 is 1.67 bits per heavy atom. The standard InChI is InChI=1S/C25H34N2O2S/c1-6-22(24(29)26-25(3,4)5)27(16-21-15-11-10-12-19(21)2)23(28)18-30-17-20-13-8-7-9-14-20/h7-15,22H,6,16-18H2,1-5H3,(H,26,29). The number of carbonyl (C=O) groups is 2. The van der Waals surface area contributed by atoms with Gasteiger partial charge in [0.05, 0.1) is 5.75 Å². The Hall–Kier alpha value is -2.27. The molecule has 2 amide bonds.